The molecule has 0 bridgehead atoms. The van der Waals surface area contributed by atoms with E-state index in [4.69, 9.17) is 5.73 Å². The predicted molar refractivity (Wildman–Crippen MR) is 65.6 cm³/mol. The number of alkyl halides is 3. The number of nitrogens with zero attached hydrogens (tertiary/aromatic N) is 1. The van der Waals surface area contributed by atoms with Gasteiger partial charge in [-0.3, -0.25) is 4.90 Å². The smallest absolute Gasteiger partial charge is 0.416 e. The second-order valence-corrected chi connectivity index (χ2v) is 5.06. The Morgan fingerprint density at radius 2 is 2.11 bits per heavy atom. The number of rotatable bonds is 2. The Labute approximate surface area is 109 Å². The number of hydrogen-bond donors (Lipinski definition) is 2. The fourth-order valence-corrected chi connectivity index (χ4v) is 2.72. The van der Waals surface area contributed by atoms with Crippen LogP contribution in [0.25, 0.3) is 0 Å². The maximum atomic E-state index is 13.0. The number of phenols is 1. The van der Waals surface area contributed by atoms with Crippen molar-refractivity contribution in [1.82, 2.24) is 4.90 Å². The first-order valence-electron chi connectivity index (χ1n) is 6.13. The summed E-state index contributed by atoms with van der Waals surface area (Å²) in [5.74, 6) is -0.156. The predicted octanol–water partition coefficient (Wildman–Crippen LogP) is 2.36. The molecule has 3 N–H and O–H groups in total. The molecule has 1 fully saturated rings. The summed E-state index contributed by atoms with van der Waals surface area (Å²) in [5.41, 5.74) is 5.05. The van der Waals surface area contributed by atoms with Gasteiger partial charge in [-0.2, -0.15) is 13.2 Å². The molecule has 0 saturated carbocycles. The molecule has 1 aliphatic rings. The Hall–Kier alpha value is -1.27. The molecular weight excluding hydrogens is 257 g/mol. The Balaban J connectivity index is 2.40. The molecule has 1 heterocycles. The first-order valence-corrected chi connectivity index (χ1v) is 6.13. The summed E-state index contributed by atoms with van der Waals surface area (Å²) in [7, 11) is 1.80. The minimum absolute atomic E-state index is 0.212. The SMILES string of the molecule is CN1CC(CN)CC1c1ccc(O)cc1C(F)(F)F. The van der Waals surface area contributed by atoms with Crippen molar-refractivity contribution in [2.75, 3.05) is 20.1 Å². The number of hydrogen-bond acceptors (Lipinski definition) is 3. The molecule has 1 aromatic carbocycles. The van der Waals surface area contributed by atoms with E-state index in [0.29, 0.717) is 19.5 Å². The summed E-state index contributed by atoms with van der Waals surface area (Å²) in [6, 6.07) is 3.15. The van der Waals surface area contributed by atoms with E-state index < -0.39 is 11.7 Å². The minimum atomic E-state index is -4.46. The van der Waals surface area contributed by atoms with Crippen LogP contribution in [0.15, 0.2) is 18.2 Å². The molecule has 1 saturated heterocycles. The van der Waals surface area contributed by atoms with Crippen molar-refractivity contribution in [3.8, 4) is 5.75 Å². The lowest BCUT2D eigenvalue weighted by Gasteiger charge is -2.23. The second kappa shape index (κ2) is 5.02. The third-order valence-corrected chi connectivity index (χ3v) is 3.67. The van der Waals surface area contributed by atoms with Crippen LogP contribution in [-0.4, -0.2) is 30.1 Å². The molecule has 19 heavy (non-hydrogen) atoms. The number of benzene rings is 1. The van der Waals surface area contributed by atoms with Crippen LogP contribution in [-0.2, 0) is 6.18 Å². The van der Waals surface area contributed by atoms with Gasteiger partial charge in [-0.15, -0.1) is 0 Å². The Morgan fingerprint density at radius 3 is 2.63 bits per heavy atom. The number of aromatic hydroxyl groups is 1. The van der Waals surface area contributed by atoms with Crippen molar-refractivity contribution < 1.29 is 18.3 Å². The van der Waals surface area contributed by atoms with Crippen LogP contribution in [0.4, 0.5) is 13.2 Å². The zero-order chi connectivity index (χ0) is 14.2. The average Bonchev–Trinajstić information content (AvgIpc) is 2.69. The highest BCUT2D eigenvalue weighted by Gasteiger charge is 2.39. The van der Waals surface area contributed by atoms with Crippen molar-refractivity contribution >= 4 is 0 Å². The summed E-state index contributed by atoms with van der Waals surface area (Å²) in [5, 5.41) is 9.27. The van der Waals surface area contributed by atoms with E-state index >= 15 is 0 Å². The molecule has 2 atom stereocenters. The van der Waals surface area contributed by atoms with Gasteiger partial charge in [0.2, 0.25) is 0 Å². The van der Waals surface area contributed by atoms with Crippen molar-refractivity contribution in [2.24, 2.45) is 11.7 Å². The fraction of sp³-hybridized carbons (Fsp3) is 0.538. The van der Waals surface area contributed by atoms with Gasteiger partial charge < -0.3 is 10.8 Å². The first kappa shape index (κ1) is 14.1. The maximum Gasteiger partial charge on any atom is 0.416 e. The minimum Gasteiger partial charge on any atom is -0.508 e. The lowest BCUT2D eigenvalue weighted by molar-refractivity contribution is -0.138. The number of likely N-dealkylation sites (tertiary alicyclic amines) is 1. The topological polar surface area (TPSA) is 49.5 Å². The van der Waals surface area contributed by atoms with Crippen LogP contribution in [0, 0.1) is 5.92 Å². The van der Waals surface area contributed by atoms with Gasteiger partial charge in [-0.25, -0.2) is 0 Å². The van der Waals surface area contributed by atoms with Crippen LogP contribution in [0.1, 0.15) is 23.6 Å². The van der Waals surface area contributed by atoms with Crippen LogP contribution < -0.4 is 5.73 Å². The zero-order valence-electron chi connectivity index (χ0n) is 10.6. The maximum absolute atomic E-state index is 13.0. The van der Waals surface area contributed by atoms with Gasteiger partial charge in [0, 0.05) is 12.6 Å². The van der Waals surface area contributed by atoms with E-state index in [-0.39, 0.29) is 23.3 Å². The highest BCUT2D eigenvalue weighted by Crippen LogP contribution is 2.42. The molecule has 0 spiro atoms. The molecule has 3 nitrogen and oxygen atoms in total. The van der Waals surface area contributed by atoms with Crippen LogP contribution in [0.2, 0.25) is 0 Å². The van der Waals surface area contributed by atoms with Crippen LogP contribution >= 0.6 is 0 Å². The highest BCUT2D eigenvalue weighted by molar-refractivity contribution is 5.39. The second-order valence-electron chi connectivity index (χ2n) is 5.06. The molecule has 1 aliphatic heterocycles. The van der Waals surface area contributed by atoms with E-state index in [0.717, 1.165) is 6.07 Å². The van der Waals surface area contributed by atoms with Gasteiger partial charge >= 0.3 is 6.18 Å². The lowest BCUT2D eigenvalue weighted by atomic mass is 9.95. The molecule has 1 aromatic rings. The molecule has 0 radical (unpaired) electrons. The normalized spacial score (nSPS) is 24.9. The van der Waals surface area contributed by atoms with Crippen molar-refractivity contribution in [3.63, 3.8) is 0 Å². The van der Waals surface area contributed by atoms with Gasteiger partial charge in [0.25, 0.3) is 0 Å². The Kier molecular flexibility index (Phi) is 3.73. The Morgan fingerprint density at radius 1 is 1.42 bits per heavy atom. The average molecular weight is 274 g/mol. The summed E-state index contributed by atoms with van der Waals surface area (Å²) in [6.07, 6.45) is -3.85. The molecule has 0 aliphatic carbocycles. The van der Waals surface area contributed by atoms with Gasteiger partial charge in [-0.1, -0.05) is 6.07 Å². The van der Waals surface area contributed by atoms with Crippen molar-refractivity contribution in [3.05, 3.63) is 29.3 Å². The third kappa shape index (κ3) is 2.84. The van der Waals surface area contributed by atoms with E-state index in [2.05, 4.69) is 0 Å². The molecule has 2 unspecified atom stereocenters. The van der Waals surface area contributed by atoms with E-state index in [1.165, 1.54) is 12.1 Å². The molecule has 106 valence electrons. The third-order valence-electron chi connectivity index (χ3n) is 3.67. The van der Waals surface area contributed by atoms with Gasteiger partial charge in [0.05, 0.1) is 5.56 Å². The standard InChI is InChI=1S/C13H17F3N2O/c1-18-7-8(6-17)4-12(18)10-3-2-9(19)5-11(10)13(14,15)16/h2-3,5,8,12,19H,4,6-7,17H2,1H3. The number of nitrogens with two attached hydrogens (primary N) is 1. The number of phenolic OH excluding ortho intramolecular Hbond substituents is 1. The van der Waals surface area contributed by atoms with E-state index in [1.807, 2.05) is 4.90 Å². The zero-order valence-corrected chi connectivity index (χ0v) is 10.6. The monoisotopic (exact) mass is 274 g/mol. The summed E-state index contributed by atoms with van der Waals surface area (Å²) in [6.45, 7) is 1.17. The van der Waals surface area contributed by atoms with Crippen molar-refractivity contribution in [2.45, 2.75) is 18.6 Å². The first-order chi connectivity index (χ1) is 8.82. The molecule has 2 rings (SSSR count). The van der Waals surface area contributed by atoms with E-state index in [9.17, 15) is 18.3 Å². The summed E-state index contributed by atoms with van der Waals surface area (Å²) in [4.78, 5) is 1.89. The quantitative estimate of drug-likeness (QED) is 0.870. The van der Waals surface area contributed by atoms with Crippen LogP contribution in [0.5, 0.6) is 5.75 Å². The Bertz CT molecular complexity index is 462. The van der Waals surface area contributed by atoms with Gasteiger partial charge in [0.15, 0.2) is 0 Å². The van der Waals surface area contributed by atoms with Gasteiger partial charge in [0.1, 0.15) is 5.75 Å². The van der Waals surface area contributed by atoms with Crippen LogP contribution in [0.3, 0.4) is 0 Å². The largest absolute Gasteiger partial charge is 0.508 e. The molecule has 6 heteroatoms. The van der Waals surface area contributed by atoms with Crippen molar-refractivity contribution in [1.29, 1.82) is 0 Å². The fourth-order valence-electron chi connectivity index (χ4n) is 2.72. The van der Waals surface area contributed by atoms with Gasteiger partial charge in [-0.05, 0) is 43.6 Å². The molecule has 0 aromatic heterocycles. The lowest BCUT2D eigenvalue weighted by Crippen LogP contribution is -2.22. The van der Waals surface area contributed by atoms with E-state index in [1.54, 1.807) is 7.05 Å². The molecular formula is C13H17F3N2O. The molecule has 0 amide bonds. The summed E-state index contributed by atoms with van der Waals surface area (Å²) >= 11 is 0. The highest BCUT2D eigenvalue weighted by atomic mass is 19.4. The number of halogens is 3. The summed E-state index contributed by atoms with van der Waals surface area (Å²) < 4.78 is 39.1.